The van der Waals surface area contributed by atoms with E-state index in [2.05, 4.69) is 38.2 Å². The first-order valence-corrected chi connectivity index (χ1v) is 6.69. The largest absolute Gasteiger partial charge is 0.0877 e. The van der Waals surface area contributed by atoms with Gasteiger partial charge in [0.25, 0.3) is 0 Å². The summed E-state index contributed by atoms with van der Waals surface area (Å²) in [5.74, 6) is 0. The van der Waals surface area contributed by atoms with Crippen LogP contribution in [-0.4, -0.2) is 0 Å². The van der Waals surface area contributed by atoms with Crippen LogP contribution in [0.3, 0.4) is 0 Å². The fraction of sp³-hybridized carbons (Fsp3) is 0.733. The lowest BCUT2D eigenvalue weighted by atomic mass is 10.1. The average Bonchev–Trinajstić information content (AvgIpc) is 2.26. The first-order valence-electron chi connectivity index (χ1n) is 6.69. The van der Waals surface area contributed by atoms with Gasteiger partial charge in [0.05, 0.1) is 0 Å². The second kappa shape index (κ2) is 13.5. The van der Waals surface area contributed by atoms with Gasteiger partial charge in [-0.2, -0.15) is 0 Å². The third-order valence-corrected chi connectivity index (χ3v) is 2.66. The van der Waals surface area contributed by atoms with E-state index in [0.29, 0.717) is 0 Å². The average molecular weight is 208 g/mol. The molecule has 0 atom stereocenters. The Labute approximate surface area is 96.5 Å². The van der Waals surface area contributed by atoms with Gasteiger partial charge in [0, 0.05) is 0 Å². The Morgan fingerprint density at radius 1 is 0.733 bits per heavy atom. The number of unbranched alkanes of at least 4 members (excludes halogenated alkanes) is 8. The molecule has 0 radical (unpaired) electrons. The number of hydrogen-bond donors (Lipinski definition) is 0. The van der Waals surface area contributed by atoms with Crippen LogP contribution in [0.4, 0.5) is 0 Å². The monoisotopic (exact) mass is 208 g/mol. The molecule has 0 aromatic rings. The highest BCUT2D eigenvalue weighted by atomic mass is 14.0. The molecule has 0 saturated heterocycles. The Balaban J connectivity index is 2.98. The van der Waals surface area contributed by atoms with E-state index >= 15 is 0 Å². The van der Waals surface area contributed by atoms with Gasteiger partial charge in [-0.15, -0.1) is 0 Å². The summed E-state index contributed by atoms with van der Waals surface area (Å²) in [5, 5.41) is 0. The molecule has 0 amide bonds. The topological polar surface area (TPSA) is 0 Å². The van der Waals surface area contributed by atoms with Gasteiger partial charge in [-0.3, -0.25) is 0 Å². The third-order valence-electron chi connectivity index (χ3n) is 2.66. The van der Waals surface area contributed by atoms with Crippen molar-refractivity contribution < 1.29 is 0 Å². The maximum atomic E-state index is 2.27. The molecule has 15 heavy (non-hydrogen) atoms. The molecule has 0 saturated carbocycles. The van der Waals surface area contributed by atoms with Crippen LogP contribution in [0.25, 0.3) is 0 Å². The van der Waals surface area contributed by atoms with Crippen molar-refractivity contribution in [3.8, 4) is 0 Å². The molecule has 88 valence electrons. The normalized spacial score (nSPS) is 11.9. The van der Waals surface area contributed by atoms with Crippen molar-refractivity contribution in [1.82, 2.24) is 0 Å². The lowest BCUT2D eigenvalue weighted by Crippen LogP contribution is -1.79. The van der Waals surface area contributed by atoms with Gasteiger partial charge < -0.3 is 0 Å². The molecule has 0 aromatic carbocycles. The fourth-order valence-electron chi connectivity index (χ4n) is 1.68. The van der Waals surface area contributed by atoms with Crippen LogP contribution >= 0.6 is 0 Å². The second-order valence-corrected chi connectivity index (χ2v) is 4.22. The highest BCUT2D eigenvalue weighted by Gasteiger charge is 1.89. The summed E-state index contributed by atoms with van der Waals surface area (Å²) in [6.07, 6.45) is 21.2. The van der Waals surface area contributed by atoms with E-state index in [1.807, 2.05) is 0 Å². The predicted molar refractivity (Wildman–Crippen MR) is 71.2 cm³/mol. The van der Waals surface area contributed by atoms with E-state index in [1.165, 1.54) is 57.8 Å². The molecule has 0 heterocycles. The molecule has 0 aliphatic rings. The van der Waals surface area contributed by atoms with Crippen LogP contribution in [0, 0.1) is 0 Å². The molecule has 0 bridgehead atoms. The zero-order chi connectivity index (χ0) is 11.2. The molecule has 0 aliphatic carbocycles. The number of allylic oxidation sites excluding steroid dienone is 4. The van der Waals surface area contributed by atoms with Gasteiger partial charge in [0.1, 0.15) is 0 Å². The molecule has 0 spiro atoms. The highest BCUT2D eigenvalue weighted by Crippen LogP contribution is 2.09. The van der Waals surface area contributed by atoms with Crippen molar-refractivity contribution in [3.05, 3.63) is 24.3 Å². The summed E-state index contributed by atoms with van der Waals surface area (Å²) in [4.78, 5) is 0. The summed E-state index contributed by atoms with van der Waals surface area (Å²) >= 11 is 0. The first kappa shape index (κ1) is 14.5. The van der Waals surface area contributed by atoms with Crippen molar-refractivity contribution in [2.24, 2.45) is 0 Å². The smallest absolute Gasteiger partial charge is 0.0348 e. The van der Waals surface area contributed by atoms with Gasteiger partial charge in [0.15, 0.2) is 0 Å². The van der Waals surface area contributed by atoms with Crippen LogP contribution in [0.1, 0.15) is 71.6 Å². The van der Waals surface area contributed by atoms with Gasteiger partial charge in [0.2, 0.25) is 0 Å². The summed E-state index contributed by atoms with van der Waals surface area (Å²) < 4.78 is 0. The van der Waals surface area contributed by atoms with E-state index in [4.69, 9.17) is 0 Å². The fourth-order valence-corrected chi connectivity index (χ4v) is 1.68. The Morgan fingerprint density at radius 2 is 1.33 bits per heavy atom. The van der Waals surface area contributed by atoms with E-state index < -0.39 is 0 Å². The zero-order valence-electron chi connectivity index (χ0n) is 10.7. The molecule has 0 rings (SSSR count). The third kappa shape index (κ3) is 13.5. The Hall–Kier alpha value is -0.520. The van der Waals surface area contributed by atoms with Crippen molar-refractivity contribution in [3.63, 3.8) is 0 Å². The van der Waals surface area contributed by atoms with Gasteiger partial charge in [-0.05, 0) is 19.8 Å². The summed E-state index contributed by atoms with van der Waals surface area (Å²) in [7, 11) is 0. The van der Waals surface area contributed by atoms with E-state index in [9.17, 15) is 0 Å². The lowest BCUT2D eigenvalue weighted by molar-refractivity contribution is 0.577. The van der Waals surface area contributed by atoms with Crippen molar-refractivity contribution in [1.29, 1.82) is 0 Å². The van der Waals surface area contributed by atoms with E-state index in [-0.39, 0.29) is 0 Å². The van der Waals surface area contributed by atoms with Gasteiger partial charge >= 0.3 is 0 Å². The zero-order valence-corrected chi connectivity index (χ0v) is 10.7. The Kier molecular flexibility index (Phi) is 13.0. The summed E-state index contributed by atoms with van der Waals surface area (Å²) in [6, 6.07) is 0. The summed E-state index contributed by atoms with van der Waals surface area (Å²) in [5.41, 5.74) is 0. The second-order valence-electron chi connectivity index (χ2n) is 4.22. The van der Waals surface area contributed by atoms with Crippen LogP contribution < -0.4 is 0 Å². The van der Waals surface area contributed by atoms with Gasteiger partial charge in [-0.1, -0.05) is 76.2 Å². The molecule has 0 heteroatoms. The van der Waals surface area contributed by atoms with Crippen LogP contribution in [-0.2, 0) is 0 Å². The highest BCUT2D eigenvalue weighted by molar-refractivity contribution is 5.00. The van der Waals surface area contributed by atoms with Crippen LogP contribution in [0.5, 0.6) is 0 Å². The number of hydrogen-bond acceptors (Lipinski definition) is 0. The minimum Gasteiger partial charge on any atom is -0.0877 e. The van der Waals surface area contributed by atoms with Crippen LogP contribution in [0.2, 0.25) is 0 Å². The molecule has 0 aliphatic heterocycles. The SMILES string of the molecule is CC=CC=CCCCCCCCCCC. The van der Waals surface area contributed by atoms with Crippen LogP contribution in [0.15, 0.2) is 24.3 Å². The maximum Gasteiger partial charge on any atom is -0.0348 e. The predicted octanol–water partition coefficient (Wildman–Crippen LogP) is 5.65. The molecule has 0 nitrogen and oxygen atoms in total. The summed E-state index contributed by atoms with van der Waals surface area (Å²) in [6.45, 7) is 4.33. The van der Waals surface area contributed by atoms with Crippen molar-refractivity contribution in [2.75, 3.05) is 0 Å². The van der Waals surface area contributed by atoms with E-state index in [1.54, 1.807) is 0 Å². The first-order chi connectivity index (χ1) is 7.41. The minimum absolute atomic E-state index is 1.25. The number of rotatable bonds is 10. The van der Waals surface area contributed by atoms with Crippen molar-refractivity contribution >= 4 is 0 Å². The maximum absolute atomic E-state index is 2.27. The standard InChI is InChI=1S/C15H28/c1-3-5-7-9-11-13-15-14-12-10-8-6-4-2/h3,5,7,9H,4,6,8,10-15H2,1-2H3. The Morgan fingerprint density at radius 3 is 1.93 bits per heavy atom. The molecule has 0 N–H and O–H groups in total. The minimum atomic E-state index is 1.25. The van der Waals surface area contributed by atoms with E-state index in [0.717, 1.165) is 0 Å². The molecular formula is C15H28. The molecule has 0 aromatic heterocycles. The lowest BCUT2D eigenvalue weighted by Gasteiger charge is -1.99. The van der Waals surface area contributed by atoms with Gasteiger partial charge in [-0.25, -0.2) is 0 Å². The Bertz CT molecular complexity index is 153. The molecular weight excluding hydrogens is 180 g/mol. The van der Waals surface area contributed by atoms with Crippen molar-refractivity contribution in [2.45, 2.75) is 71.6 Å². The molecule has 0 unspecified atom stereocenters. The molecule has 0 fully saturated rings. The quantitative estimate of drug-likeness (QED) is 0.321.